The molecule has 1 aromatic carbocycles. The van der Waals surface area contributed by atoms with Gasteiger partial charge in [-0.05, 0) is 63.0 Å². The van der Waals surface area contributed by atoms with Gasteiger partial charge in [-0.1, -0.05) is 25.1 Å². The number of halogens is 1. The highest BCUT2D eigenvalue weighted by Gasteiger charge is 2.20. The van der Waals surface area contributed by atoms with E-state index in [2.05, 4.69) is 56.6 Å². The topological polar surface area (TPSA) is 95.9 Å². The zero-order chi connectivity index (χ0) is 27.4. The number of rotatable bonds is 8. The molecule has 0 radical (unpaired) electrons. The lowest BCUT2D eigenvalue weighted by Gasteiger charge is -2.28. The van der Waals surface area contributed by atoms with Crippen LogP contribution >= 0.6 is 13.5 Å². The number of amides is 1. The summed E-state index contributed by atoms with van der Waals surface area (Å²) in [4.78, 5) is 32.6. The summed E-state index contributed by atoms with van der Waals surface area (Å²) in [6.45, 7) is 4.94. The van der Waals surface area contributed by atoms with Gasteiger partial charge in [-0.2, -0.15) is 13.5 Å². The molecular formula is C30H36FN7OS. The Morgan fingerprint density at radius 2 is 1.90 bits per heavy atom. The molecule has 3 aromatic heterocycles. The molecule has 0 bridgehead atoms. The normalized spacial score (nSPS) is 14.9. The minimum Gasteiger partial charge on any atom is -0.369 e. The number of likely N-dealkylation sites (tertiary alicyclic amines) is 1. The van der Waals surface area contributed by atoms with Crippen molar-refractivity contribution in [1.29, 1.82) is 0 Å². The molecule has 4 heterocycles. The summed E-state index contributed by atoms with van der Waals surface area (Å²) in [5, 5.41) is 6.40. The number of para-hydroxylation sites is 1. The van der Waals surface area contributed by atoms with Crippen LogP contribution in [0, 0.1) is 11.7 Å². The molecular weight excluding hydrogens is 525 g/mol. The van der Waals surface area contributed by atoms with Gasteiger partial charge in [0, 0.05) is 48.4 Å². The summed E-state index contributed by atoms with van der Waals surface area (Å²) in [7, 11) is 3.67. The molecule has 1 amide bonds. The zero-order valence-corrected chi connectivity index (χ0v) is 24.1. The first-order valence-electron chi connectivity index (χ1n) is 13.4. The van der Waals surface area contributed by atoms with Crippen LogP contribution < -0.4 is 10.6 Å². The third-order valence-electron chi connectivity index (χ3n) is 7.58. The Bertz CT molecular complexity index is 1460. The molecule has 5 rings (SSSR count). The van der Waals surface area contributed by atoms with Crippen molar-refractivity contribution in [2.24, 2.45) is 5.92 Å². The van der Waals surface area contributed by atoms with E-state index in [0.717, 1.165) is 48.2 Å². The second-order valence-electron chi connectivity index (χ2n) is 10.4. The molecule has 210 valence electrons. The van der Waals surface area contributed by atoms with Crippen molar-refractivity contribution in [3.8, 4) is 11.3 Å². The summed E-state index contributed by atoms with van der Waals surface area (Å²) in [5.41, 5.74) is 4.41. The number of piperidine rings is 1. The quantitative estimate of drug-likeness (QED) is 0.319. The van der Waals surface area contributed by atoms with Crippen LogP contribution in [0.1, 0.15) is 47.3 Å². The van der Waals surface area contributed by atoms with E-state index in [1.807, 2.05) is 24.4 Å². The molecule has 1 saturated heterocycles. The van der Waals surface area contributed by atoms with Crippen LogP contribution in [0.3, 0.4) is 0 Å². The molecule has 40 heavy (non-hydrogen) atoms. The third-order valence-corrected chi connectivity index (χ3v) is 7.58. The van der Waals surface area contributed by atoms with E-state index in [1.165, 1.54) is 19.9 Å². The third kappa shape index (κ3) is 6.56. The maximum atomic E-state index is 14.4. The number of hydrogen-bond donors (Lipinski definition) is 2. The van der Waals surface area contributed by atoms with Crippen molar-refractivity contribution < 1.29 is 9.18 Å². The molecule has 0 spiro atoms. The summed E-state index contributed by atoms with van der Waals surface area (Å²) in [5.74, 6) is 0.307. The van der Waals surface area contributed by atoms with Crippen molar-refractivity contribution in [3.63, 3.8) is 0 Å². The minimum atomic E-state index is -0.636. The lowest BCUT2D eigenvalue weighted by Crippen LogP contribution is -2.31. The highest BCUT2D eigenvalue weighted by atomic mass is 32.1. The average Bonchev–Trinajstić information content (AvgIpc) is 2.97. The first-order chi connectivity index (χ1) is 18.9. The van der Waals surface area contributed by atoms with Crippen LogP contribution in [0.4, 0.5) is 10.2 Å². The van der Waals surface area contributed by atoms with Crippen molar-refractivity contribution in [2.75, 3.05) is 39.0 Å². The van der Waals surface area contributed by atoms with Crippen molar-refractivity contribution in [3.05, 3.63) is 77.8 Å². The van der Waals surface area contributed by atoms with Crippen LogP contribution in [0.2, 0.25) is 0 Å². The molecule has 0 unspecified atom stereocenters. The number of nitrogens with zero attached hydrogens (tertiary/aromatic N) is 5. The molecule has 2 N–H and O–H groups in total. The first-order valence-corrected chi connectivity index (χ1v) is 13.4. The second-order valence-corrected chi connectivity index (χ2v) is 10.4. The molecule has 4 aromatic rings. The maximum Gasteiger partial charge on any atom is 0.254 e. The number of hydrogen-bond acceptors (Lipinski definition) is 7. The van der Waals surface area contributed by atoms with Crippen LogP contribution in [-0.2, 0) is 6.42 Å². The SMILES string of the molecule is CNC(=O)c1c(F)cnc2c([C@H](C)CNc3cc(-c4ccc(CC5CCN(C)CC5)nc4)ncn3)cccc12.S. The number of benzene rings is 1. The largest absolute Gasteiger partial charge is 0.369 e. The van der Waals surface area contributed by atoms with E-state index in [0.29, 0.717) is 29.2 Å². The molecule has 10 heteroatoms. The molecule has 0 saturated carbocycles. The predicted molar refractivity (Wildman–Crippen MR) is 162 cm³/mol. The van der Waals surface area contributed by atoms with Gasteiger partial charge in [-0.3, -0.25) is 14.8 Å². The monoisotopic (exact) mass is 561 g/mol. The van der Waals surface area contributed by atoms with Gasteiger partial charge in [0.2, 0.25) is 0 Å². The van der Waals surface area contributed by atoms with Crippen LogP contribution in [-0.4, -0.2) is 64.5 Å². The van der Waals surface area contributed by atoms with Gasteiger partial charge in [0.25, 0.3) is 5.91 Å². The summed E-state index contributed by atoms with van der Waals surface area (Å²) >= 11 is 0. The molecule has 1 fully saturated rings. The van der Waals surface area contributed by atoms with Gasteiger partial charge in [-0.25, -0.2) is 14.4 Å². The molecule has 1 aliphatic rings. The highest BCUT2D eigenvalue weighted by Crippen LogP contribution is 2.28. The van der Waals surface area contributed by atoms with E-state index in [1.54, 1.807) is 12.4 Å². The number of carbonyl (C=O) groups is 1. The molecule has 8 nitrogen and oxygen atoms in total. The van der Waals surface area contributed by atoms with E-state index in [-0.39, 0.29) is 25.0 Å². The summed E-state index contributed by atoms with van der Waals surface area (Å²) in [6, 6.07) is 11.6. The Morgan fingerprint density at radius 1 is 1.10 bits per heavy atom. The van der Waals surface area contributed by atoms with Gasteiger partial charge < -0.3 is 15.5 Å². The second kappa shape index (κ2) is 13.1. The Kier molecular flexibility index (Phi) is 9.65. The van der Waals surface area contributed by atoms with Gasteiger partial charge in [0.05, 0.1) is 23.0 Å². The minimum absolute atomic E-state index is 0. The first kappa shape index (κ1) is 29.4. The zero-order valence-electron chi connectivity index (χ0n) is 23.1. The van der Waals surface area contributed by atoms with Crippen LogP contribution in [0.15, 0.2) is 55.1 Å². The lowest BCUT2D eigenvalue weighted by atomic mass is 9.92. The van der Waals surface area contributed by atoms with E-state index in [4.69, 9.17) is 4.98 Å². The fraction of sp³-hybridized carbons (Fsp3) is 0.367. The maximum absolute atomic E-state index is 14.4. The van der Waals surface area contributed by atoms with E-state index < -0.39 is 11.7 Å². The lowest BCUT2D eigenvalue weighted by molar-refractivity contribution is 0.0960. The van der Waals surface area contributed by atoms with Gasteiger partial charge in [0.15, 0.2) is 5.82 Å². The van der Waals surface area contributed by atoms with E-state index >= 15 is 0 Å². The van der Waals surface area contributed by atoms with Crippen LogP contribution in [0.5, 0.6) is 0 Å². The number of anilines is 1. The van der Waals surface area contributed by atoms with Gasteiger partial charge >= 0.3 is 0 Å². The van der Waals surface area contributed by atoms with Gasteiger partial charge in [-0.15, -0.1) is 0 Å². The average molecular weight is 562 g/mol. The number of fused-ring (bicyclic) bond motifs is 1. The van der Waals surface area contributed by atoms with Crippen molar-refractivity contribution in [2.45, 2.75) is 32.1 Å². The Hall–Kier alpha value is -3.63. The number of aromatic nitrogens is 4. The van der Waals surface area contributed by atoms with Crippen molar-refractivity contribution >= 4 is 36.1 Å². The standard InChI is InChI=1S/C30H34FN7O.H2S/c1-19(23-5-4-6-24-28(30(39)32-2)25(31)17-35-29(23)24)15-34-27-14-26(36-18-37-27)21-7-8-22(33-16-21)13-20-9-11-38(3)12-10-20;/h4-8,14,16-20H,9-13,15H2,1-3H3,(H,32,39)(H,34,36,37);1H2/t19-;/m1./s1. The smallest absolute Gasteiger partial charge is 0.254 e. The molecule has 0 aliphatic carbocycles. The Balaban J connectivity index is 0.00000370. The highest BCUT2D eigenvalue weighted by molar-refractivity contribution is 7.59. The number of carbonyl (C=O) groups excluding carboxylic acids is 1. The molecule has 1 atom stereocenters. The number of nitrogens with one attached hydrogen (secondary N) is 2. The van der Waals surface area contributed by atoms with E-state index in [9.17, 15) is 9.18 Å². The number of pyridine rings is 2. The Morgan fingerprint density at radius 3 is 2.62 bits per heavy atom. The molecule has 1 aliphatic heterocycles. The summed E-state index contributed by atoms with van der Waals surface area (Å²) in [6.07, 6.45) is 8.01. The van der Waals surface area contributed by atoms with Crippen molar-refractivity contribution in [1.82, 2.24) is 30.2 Å². The fourth-order valence-corrected chi connectivity index (χ4v) is 5.21. The fourth-order valence-electron chi connectivity index (χ4n) is 5.21. The van der Waals surface area contributed by atoms with Crippen LogP contribution in [0.25, 0.3) is 22.2 Å². The Labute approximate surface area is 241 Å². The summed E-state index contributed by atoms with van der Waals surface area (Å²) < 4.78 is 14.4. The van der Waals surface area contributed by atoms with Gasteiger partial charge in [0.1, 0.15) is 12.1 Å². The predicted octanol–water partition coefficient (Wildman–Crippen LogP) is 4.80.